The highest BCUT2D eigenvalue weighted by Crippen LogP contribution is 2.38. The molecule has 5 rings (SSSR count). The molecule has 5 heterocycles. The van der Waals surface area contributed by atoms with E-state index in [0.717, 1.165) is 31.1 Å². The lowest BCUT2D eigenvalue weighted by molar-refractivity contribution is -0.137. The van der Waals surface area contributed by atoms with Gasteiger partial charge in [0.05, 0.1) is 5.69 Å². The summed E-state index contributed by atoms with van der Waals surface area (Å²) in [5.41, 5.74) is -0.535. The Morgan fingerprint density at radius 2 is 2.09 bits per heavy atom. The maximum absolute atomic E-state index is 13.8. The first kappa shape index (κ1) is 22.1. The smallest absolute Gasteiger partial charge is 0.356 e. The van der Waals surface area contributed by atoms with Gasteiger partial charge in [-0.15, -0.1) is 0 Å². The van der Waals surface area contributed by atoms with E-state index < -0.39 is 17.3 Å². The van der Waals surface area contributed by atoms with E-state index in [1.165, 1.54) is 17.0 Å². The molecule has 1 saturated heterocycles. The number of halogens is 3. The van der Waals surface area contributed by atoms with Crippen molar-refractivity contribution in [3.8, 4) is 17.1 Å². The average Bonchev–Trinajstić information content (AvgIpc) is 3.25. The van der Waals surface area contributed by atoms with Gasteiger partial charge in [-0.3, -0.25) is 9.36 Å². The van der Waals surface area contributed by atoms with Crippen molar-refractivity contribution in [2.24, 2.45) is 0 Å². The largest absolute Gasteiger partial charge is 0.419 e. The second-order valence-corrected chi connectivity index (χ2v) is 8.27. The summed E-state index contributed by atoms with van der Waals surface area (Å²) in [5, 5.41) is 6.70. The van der Waals surface area contributed by atoms with Crippen LogP contribution >= 0.6 is 0 Å². The van der Waals surface area contributed by atoms with Gasteiger partial charge in [0.25, 0.3) is 5.56 Å². The molecule has 176 valence electrons. The van der Waals surface area contributed by atoms with Crippen molar-refractivity contribution in [3.05, 3.63) is 64.5 Å². The number of pyridine rings is 2. The van der Waals surface area contributed by atoms with Crippen LogP contribution in [0, 0.1) is 6.92 Å². The van der Waals surface area contributed by atoms with Gasteiger partial charge in [0.15, 0.2) is 0 Å². The zero-order valence-electron chi connectivity index (χ0n) is 18.3. The molecule has 11 heteroatoms. The summed E-state index contributed by atoms with van der Waals surface area (Å²) in [7, 11) is 0. The Kier molecular flexibility index (Phi) is 5.56. The van der Waals surface area contributed by atoms with Gasteiger partial charge in [-0.1, -0.05) is 6.07 Å². The Morgan fingerprint density at radius 1 is 1.24 bits per heavy atom. The molecule has 1 fully saturated rings. The molecule has 3 N–H and O–H groups in total. The molecule has 0 saturated carbocycles. The monoisotopic (exact) mass is 469 g/mol. The third-order valence-corrected chi connectivity index (χ3v) is 5.93. The molecule has 8 nitrogen and oxygen atoms in total. The van der Waals surface area contributed by atoms with Crippen molar-refractivity contribution in [2.45, 2.75) is 32.0 Å². The van der Waals surface area contributed by atoms with Gasteiger partial charge < -0.3 is 15.6 Å². The third kappa shape index (κ3) is 4.03. The Hall–Kier alpha value is -3.73. The molecule has 1 unspecified atom stereocenters. The quantitative estimate of drug-likeness (QED) is 0.422. The molecule has 0 aromatic carbocycles. The highest BCUT2D eigenvalue weighted by Gasteiger charge is 2.36. The minimum absolute atomic E-state index is 0.0233. The van der Waals surface area contributed by atoms with E-state index in [4.69, 9.17) is 0 Å². The maximum atomic E-state index is 13.8. The number of H-pyrrole nitrogens is 1. The lowest BCUT2D eigenvalue weighted by Gasteiger charge is -2.24. The number of rotatable bonds is 4. The van der Waals surface area contributed by atoms with E-state index in [1.54, 1.807) is 18.3 Å². The predicted molar refractivity (Wildman–Crippen MR) is 122 cm³/mol. The number of alkyl halides is 3. The van der Waals surface area contributed by atoms with Crippen LogP contribution in [0.4, 0.5) is 19.1 Å². The fourth-order valence-electron chi connectivity index (χ4n) is 4.24. The zero-order chi connectivity index (χ0) is 23.9. The molecule has 34 heavy (non-hydrogen) atoms. The first-order valence-corrected chi connectivity index (χ1v) is 10.9. The van der Waals surface area contributed by atoms with E-state index in [-0.39, 0.29) is 28.8 Å². The van der Waals surface area contributed by atoms with E-state index in [1.807, 2.05) is 13.0 Å². The van der Waals surface area contributed by atoms with Crippen LogP contribution in [-0.2, 0) is 6.18 Å². The Labute approximate surface area is 192 Å². The molecule has 1 aliphatic rings. The van der Waals surface area contributed by atoms with Crippen molar-refractivity contribution in [3.63, 3.8) is 0 Å². The highest BCUT2D eigenvalue weighted by molar-refractivity contribution is 5.95. The van der Waals surface area contributed by atoms with Crippen molar-refractivity contribution in [2.75, 3.05) is 18.4 Å². The van der Waals surface area contributed by atoms with Crippen LogP contribution in [0.5, 0.6) is 0 Å². The number of aryl methyl sites for hydroxylation is 1. The number of hydrogen-bond donors (Lipinski definition) is 3. The number of fused-ring (bicyclic) bond motifs is 1. The maximum Gasteiger partial charge on any atom is 0.419 e. The summed E-state index contributed by atoms with van der Waals surface area (Å²) >= 11 is 0. The summed E-state index contributed by atoms with van der Waals surface area (Å²) in [5.74, 6) is 0.569. The third-order valence-electron chi connectivity index (χ3n) is 5.93. The van der Waals surface area contributed by atoms with Crippen LogP contribution in [0.15, 0.2) is 47.8 Å². The molecule has 4 aromatic rings. The SMILES string of the molecule is Cc1cccnc1-n1ccc2c(-c3nc(NC4CCCNC4)ncc3C(F)(F)F)c[nH]c2c1=O. The fraction of sp³-hybridized carbons (Fsp3) is 0.304. The van der Waals surface area contributed by atoms with Crippen molar-refractivity contribution >= 4 is 16.9 Å². The van der Waals surface area contributed by atoms with Gasteiger partial charge in [-0.2, -0.15) is 13.2 Å². The average molecular weight is 469 g/mol. The second-order valence-electron chi connectivity index (χ2n) is 8.27. The van der Waals surface area contributed by atoms with Crippen LogP contribution in [0.25, 0.3) is 28.0 Å². The van der Waals surface area contributed by atoms with Crippen molar-refractivity contribution in [1.82, 2.24) is 29.8 Å². The molecular formula is C23H22F3N7O. The van der Waals surface area contributed by atoms with Crippen LogP contribution in [0.2, 0.25) is 0 Å². The summed E-state index contributed by atoms with van der Waals surface area (Å²) in [6.07, 6.45) is 2.42. The van der Waals surface area contributed by atoms with E-state index >= 15 is 0 Å². The Bertz CT molecular complexity index is 1400. The predicted octanol–water partition coefficient (Wildman–Crippen LogP) is 3.66. The van der Waals surface area contributed by atoms with Crippen LogP contribution in [0.3, 0.4) is 0 Å². The minimum atomic E-state index is -4.66. The zero-order valence-corrected chi connectivity index (χ0v) is 18.3. The molecule has 0 radical (unpaired) electrons. The first-order valence-electron chi connectivity index (χ1n) is 10.9. The second kappa shape index (κ2) is 8.56. The molecule has 0 aliphatic carbocycles. The topological polar surface area (TPSA) is 101 Å². The molecule has 1 aliphatic heterocycles. The molecule has 0 amide bonds. The first-order chi connectivity index (χ1) is 16.3. The minimum Gasteiger partial charge on any atom is -0.356 e. The van der Waals surface area contributed by atoms with E-state index in [2.05, 4.69) is 30.6 Å². The van der Waals surface area contributed by atoms with Gasteiger partial charge in [-0.25, -0.2) is 15.0 Å². The lowest BCUT2D eigenvalue weighted by Crippen LogP contribution is -2.38. The number of nitrogens with zero attached hydrogens (tertiary/aromatic N) is 4. The summed E-state index contributed by atoms with van der Waals surface area (Å²) in [6, 6.07) is 5.20. The van der Waals surface area contributed by atoms with E-state index in [9.17, 15) is 18.0 Å². The highest BCUT2D eigenvalue weighted by atomic mass is 19.4. The number of piperidine rings is 1. The number of hydrogen-bond acceptors (Lipinski definition) is 6. The molecule has 0 spiro atoms. The molecule has 0 bridgehead atoms. The van der Waals surface area contributed by atoms with Gasteiger partial charge >= 0.3 is 6.18 Å². The Morgan fingerprint density at radius 3 is 2.82 bits per heavy atom. The van der Waals surface area contributed by atoms with E-state index in [0.29, 0.717) is 17.7 Å². The molecule has 4 aromatic heterocycles. The van der Waals surface area contributed by atoms with Crippen molar-refractivity contribution < 1.29 is 13.2 Å². The fourth-order valence-corrected chi connectivity index (χ4v) is 4.24. The van der Waals surface area contributed by atoms with Crippen LogP contribution < -0.4 is 16.2 Å². The summed E-state index contributed by atoms with van der Waals surface area (Å²) in [6.45, 7) is 3.41. The normalized spacial score (nSPS) is 16.6. The standard InChI is InChI=1S/C23H22F3N7O/c1-13-4-2-8-28-20(13)33-9-6-15-16(11-29-19(15)21(33)34)18-17(23(24,25)26)12-30-22(32-18)31-14-5-3-7-27-10-14/h2,4,6,8-9,11-12,14,27,29H,3,5,7,10H2,1H3,(H,30,31,32). The van der Waals surface area contributed by atoms with Crippen molar-refractivity contribution in [1.29, 1.82) is 0 Å². The Balaban J connectivity index is 1.62. The van der Waals surface area contributed by atoms with Crippen LogP contribution in [0.1, 0.15) is 24.0 Å². The number of nitrogens with one attached hydrogen (secondary N) is 3. The molecular weight excluding hydrogens is 447 g/mol. The van der Waals surface area contributed by atoms with Gasteiger partial charge in [0.1, 0.15) is 16.9 Å². The lowest BCUT2D eigenvalue weighted by atomic mass is 10.1. The van der Waals surface area contributed by atoms with Crippen LogP contribution in [-0.4, -0.2) is 43.6 Å². The summed E-state index contributed by atoms with van der Waals surface area (Å²) < 4.78 is 42.9. The summed E-state index contributed by atoms with van der Waals surface area (Å²) in [4.78, 5) is 28.4. The number of anilines is 1. The number of aromatic amines is 1. The van der Waals surface area contributed by atoms with Gasteiger partial charge in [0, 0.05) is 48.3 Å². The van der Waals surface area contributed by atoms with Gasteiger partial charge in [0.2, 0.25) is 5.95 Å². The molecule has 1 atom stereocenters. The number of aromatic nitrogens is 5. The van der Waals surface area contributed by atoms with Gasteiger partial charge in [-0.05, 0) is 44.0 Å².